The highest BCUT2D eigenvalue weighted by atomic mass is 79.9. The maximum absolute atomic E-state index is 12.5. The van der Waals surface area contributed by atoms with Crippen molar-refractivity contribution < 1.29 is 4.74 Å². The summed E-state index contributed by atoms with van der Waals surface area (Å²) in [5.74, 6) is 0.609. The lowest BCUT2D eigenvalue weighted by Crippen LogP contribution is -2.46. The van der Waals surface area contributed by atoms with Crippen molar-refractivity contribution in [2.45, 2.75) is 31.8 Å². The number of halogens is 1. The van der Waals surface area contributed by atoms with Crippen LogP contribution in [0.2, 0.25) is 0 Å². The van der Waals surface area contributed by atoms with E-state index in [1.54, 1.807) is 10.9 Å². The number of hydrogen-bond acceptors (Lipinski definition) is 5. The van der Waals surface area contributed by atoms with Gasteiger partial charge in [0.05, 0.1) is 23.9 Å². The summed E-state index contributed by atoms with van der Waals surface area (Å²) in [7, 11) is 0. The number of ether oxygens (including phenoxy) is 1. The van der Waals surface area contributed by atoms with Gasteiger partial charge in [0.1, 0.15) is 5.69 Å². The van der Waals surface area contributed by atoms with Crippen LogP contribution in [0.15, 0.2) is 15.5 Å². The van der Waals surface area contributed by atoms with Gasteiger partial charge in [-0.25, -0.2) is 4.68 Å². The molecule has 116 valence electrons. The Bertz CT molecular complexity index is 538. The highest BCUT2D eigenvalue weighted by molar-refractivity contribution is 9.10. The van der Waals surface area contributed by atoms with Gasteiger partial charge in [0.2, 0.25) is 0 Å². The zero-order valence-electron chi connectivity index (χ0n) is 12.0. The molecule has 0 spiro atoms. The first-order valence-corrected chi connectivity index (χ1v) is 8.34. The number of aromatic nitrogens is 2. The molecule has 6 nitrogen and oxygen atoms in total. The monoisotopic (exact) mass is 356 g/mol. The zero-order chi connectivity index (χ0) is 14.7. The molecule has 0 aromatic carbocycles. The van der Waals surface area contributed by atoms with Crippen LogP contribution in [0.1, 0.15) is 19.3 Å². The molecular weight excluding hydrogens is 336 g/mol. The molecule has 2 heterocycles. The third-order valence-corrected chi connectivity index (χ3v) is 4.78. The second kappa shape index (κ2) is 6.89. The molecule has 1 atom stereocenters. The van der Waals surface area contributed by atoms with Crippen molar-refractivity contribution in [2.24, 2.45) is 5.92 Å². The van der Waals surface area contributed by atoms with E-state index >= 15 is 0 Å². The minimum Gasteiger partial charge on any atom is -0.378 e. The summed E-state index contributed by atoms with van der Waals surface area (Å²) < 4.78 is 7.72. The number of hydrogen-bond donors (Lipinski definition) is 2. The minimum atomic E-state index is -0.0481. The normalized spacial score (nSPS) is 22.8. The first-order chi connectivity index (χ1) is 10.2. The molecule has 7 heteroatoms. The third kappa shape index (κ3) is 3.64. The zero-order valence-corrected chi connectivity index (χ0v) is 13.6. The summed E-state index contributed by atoms with van der Waals surface area (Å²) >= 11 is 3.41. The van der Waals surface area contributed by atoms with Crippen molar-refractivity contribution in [1.82, 2.24) is 15.1 Å². The van der Waals surface area contributed by atoms with Gasteiger partial charge >= 0.3 is 0 Å². The maximum atomic E-state index is 12.5. The molecule has 2 fully saturated rings. The van der Waals surface area contributed by atoms with Crippen molar-refractivity contribution in [2.75, 3.05) is 31.6 Å². The Morgan fingerprint density at radius 3 is 3.05 bits per heavy atom. The predicted molar refractivity (Wildman–Crippen MR) is 84.6 cm³/mol. The lowest BCUT2D eigenvalue weighted by atomic mass is 9.85. The van der Waals surface area contributed by atoms with Crippen LogP contribution in [0.3, 0.4) is 0 Å². The molecule has 21 heavy (non-hydrogen) atoms. The minimum absolute atomic E-state index is 0.0481. The molecule has 1 unspecified atom stereocenters. The van der Waals surface area contributed by atoms with Gasteiger partial charge in [-0.05, 0) is 34.7 Å². The quantitative estimate of drug-likeness (QED) is 0.829. The molecule has 1 saturated heterocycles. The van der Waals surface area contributed by atoms with E-state index in [-0.39, 0.29) is 11.6 Å². The van der Waals surface area contributed by atoms with Crippen LogP contribution in [-0.2, 0) is 11.3 Å². The van der Waals surface area contributed by atoms with E-state index in [0.29, 0.717) is 29.2 Å². The second-order valence-corrected chi connectivity index (χ2v) is 6.61. The maximum Gasteiger partial charge on any atom is 0.291 e. The third-order valence-electron chi connectivity index (χ3n) is 4.18. The van der Waals surface area contributed by atoms with Crippen LogP contribution in [-0.4, -0.2) is 42.1 Å². The van der Waals surface area contributed by atoms with Gasteiger partial charge in [0.15, 0.2) is 0 Å². The van der Waals surface area contributed by atoms with E-state index in [9.17, 15) is 4.79 Å². The summed E-state index contributed by atoms with van der Waals surface area (Å²) in [4.78, 5) is 12.5. The van der Waals surface area contributed by atoms with Crippen molar-refractivity contribution >= 4 is 21.6 Å². The first-order valence-electron chi connectivity index (χ1n) is 7.54. The average molecular weight is 357 g/mol. The number of morpholine rings is 1. The lowest BCUT2D eigenvalue weighted by Gasteiger charge is -2.26. The van der Waals surface area contributed by atoms with E-state index in [1.165, 1.54) is 19.3 Å². The molecule has 2 N–H and O–H groups in total. The van der Waals surface area contributed by atoms with Crippen LogP contribution >= 0.6 is 15.9 Å². The number of nitrogens with one attached hydrogen (secondary N) is 2. The van der Waals surface area contributed by atoms with Crippen molar-refractivity contribution in [1.29, 1.82) is 0 Å². The topological polar surface area (TPSA) is 68.2 Å². The van der Waals surface area contributed by atoms with Crippen LogP contribution in [0.4, 0.5) is 5.69 Å². The van der Waals surface area contributed by atoms with Crippen molar-refractivity contribution in [3.63, 3.8) is 0 Å². The SMILES string of the molecule is O=c1c(NCC2COCCN2)c(Br)cnn1CC1CCC1. The summed E-state index contributed by atoms with van der Waals surface area (Å²) in [5, 5.41) is 10.8. The Morgan fingerprint density at radius 2 is 2.38 bits per heavy atom. The molecular formula is C14H21BrN4O2. The molecule has 3 rings (SSSR count). The Balaban J connectivity index is 1.67. The Hall–Kier alpha value is -0.920. The van der Waals surface area contributed by atoms with E-state index in [2.05, 4.69) is 31.7 Å². The smallest absolute Gasteiger partial charge is 0.291 e. The molecule has 2 aliphatic rings. The van der Waals surface area contributed by atoms with Crippen molar-refractivity contribution in [3.8, 4) is 0 Å². The van der Waals surface area contributed by atoms with Gasteiger partial charge < -0.3 is 15.4 Å². The molecule has 0 bridgehead atoms. The van der Waals surface area contributed by atoms with Gasteiger partial charge in [-0.15, -0.1) is 0 Å². The van der Waals surface area contributed by atoms with E-state index in [4.69, 9.17) is 4.74 Å². The molecule has 0 amide bonds. The average Bonchev–Trinajstić information content (AvgIpc) is 2.45. The number of rotatable bonds is 5. The van der Waals surface area contributed by atoms with Gasteiger partial charge in [-0.3, -0.25) is 4.79 Å². The Morgan fingerprint density at radius 1 is 1.52 bits per heavy atom. The largest absolute Gasteiger partial charge is 0.378 e. The summed E-state index contributed by atoms with van der Waals surface area (Å²) in [6, 6.07) is 0.235. The molecule has 1 saturated carbocycles. The summed E-state index contributed by atoms with van der Waals surface area (Å²) in [6.45, 7) is 3.68. The Kier molecular flexibility index (Phi) is 4.92. The molecule has 1 aromatic rings. The highest BCUT2D eigenvalue weighted by Crippen LogP contribution is 2.27. The predicted octanol–water partition coefficient (Wildman–Crippen LogP) is 1.21. The van der Waals surface area contributed by atoms with Crippen molar-refractivity contribution in [3.05, 3.63) is 21.0 Å². The van der Waals surface area contributed by atoms with Crippen LogP contribution in [0.25, 0.3) is 0 Å². The number of nitrogens with zero attached hydrogens (tertiary/aromatic N) is 2. The fourth-order valence-electron chi connectivity index (χ4n) is 2.65. The fourth-order valence-corrected chi connectivity index (χ4v) is 3.06. The van der Waals surface area contributed by atoms with Gasteiger partial charge in [0, 0.05) is 25.7 Å². The molecule has 1 aliphatic carbocycles. The Labute approximate surface area is 132 Å². The van der Waals surface area contributed by atoms with Crippen LogP contribution in [0.5, 0.6) is 0 Å². The van der Waals surface area contributed by atoms with E-state index in [0.717, 1.165) is 19.7 Å². The van der Waals surface area contributed by atoms with Crippen LogP contribution < -0.4 is 16.2 Å². The first kappa shape index (κ1) is 15.0. The fraction of sp³-hybridized carbons (Fsp3) is 0.714. The summed E-state index contributed by atoms with van der Waals surface area (Å²) in [5.41, 5.74) is 0.546. The second-order valence-electron chi connectivity index (χ2n) is 5.76. The number of anilines is 1. The molecule has 0 radical (unpaired) electrons. The molecule has 1 aromatic heterocycles. The van der Waals surface area contributed by atoms with Gasteiger partial charge in [0.25, 0.3) is 5.56 Å². The van der Waals surface area contributed by atoms with E-state index in [1.807, 2.05) is 0 Å². The van der Waals surface area contributed by atoms with Gasteiger partial charge in [-0.1, -0.05) is 6.42 Å². The van der Waals surface area contributed by atoms with Crippen LogP contribution in [0, 0.1) is 5.92 Å². The summed E-state index contributed by atoms with van der Waals surface area (Å²) in [6.07, 6.45) is 5.38. The standard InChI is InChI=1S/C14H21BrN4O2/c15-12-7-18-19(8-10-2-1-3-10)14(20)13(12)17-6-11-9-21-5-4-16-11/h7,10-11,16-17H,1-6,8-9H2. The lowest BCUT2D eigenvalue weighted by molar-refractivity contribution is 0.0806. The molecule has 1 aliphatic heterocycles. The van der Waals surface area contributed by atoms with E-state index < -0.39 is 0 Å². The van der Waals surface area contributed by atoms with Gasteiger partial charge in [-0.2, -0.15) is 5.10 Å². The highest BCUT2D eigenvalue weighted by Gasteiger charge is 2.20.